The topological polar surface area (TPSA) is 69.5 Å². The molecule has 0 aliphatic heterocycles. The minimum absolute atomic E-state index is 0.0836. The van der Waals surface area contributed by atoms with Crippen molar-refractivity contribution in [1.82, 2.24) is 14.9 Å². The number of hydrogen-bond donors (Lipinski definition) is 2. The average molecular weight is 197 g/mol. The first-order valence-corrected chi connectivity index (χ1v) is 4.55. The van der Waals surface area contributed by atoms with Crippen LogP contribution < -0.4 is 0 Å². The van der Waals surface area contributed by atoms with Gasteiger partial charge in [-0.3, -0.25) is 14.9 Å². The van der Waals surface area contributed by atoms with E-state index in [4.69, 9.17) is 10.2 Å². The second kappa shape index (κ2) is 6.42. The van der Waals surface area contributed by atoms with Crippen LogP contribution >= 0.6 is 0 Å². The Labute approximate surface area is 83.0 Å². The van der Waals surface area contributed by atoms with Crippen LogP contribution in [0.25, 0.3) is 0 Å². The maximum absolute atomic E-state index is 8.78. The van der Waals surface area contributed by atoms with Crippen LogP contribution in [0.2, 0.25) is 0 Å². The van der Waals surface area contributed by atoms with Crippen LogP contribution in [0.5, 0.6) is 0 Å². The zero-order valence-electron chi connectivity index (χ0n) is 8.00. The molecule has 0 aromatic carbocycles. The fourth-order valence-corrected chi connectivity index (χ4v) is 1.19. The van der Waals surface area contributed by atoms with E-state index in [1.165, 1.54) is 0 Å². The molecule has 0 aliphatic carbocycles. The molecule has 78 valence electrons. The Balaban J connectivity index is 2.46. The molecule has 1 aromatic heterocycles. The second-order valence-corrected chi connectivity index (χ2v) is 2.92. The van der Waals surface area contributed by atoms with Crippen molar-refractivity contribution in [3.8, 4) is 0 Å². The molecule has 2 N–H and O–H groups in total. The highest BCUT2D eigenvalue weighted by atomic mass is 16.3. The van der Waals surface area contributed by atoms with Gasteiger partial charge in [0.1, 0.15) is 0 Å². The molecule has 0 radical (unpaired) electrons. The molecule has 0 spiro atoms. The van der Waals surface area contributed by atoms with Crippen molar-refractivity contribution in [3.05, 3.63) is 24.3 Å². The monoisotopic (exact) mass is 197 g/mol. The molecule has 0 saturated carbocycles. The summed E-state index contributed by atoms with van der Waals surface area (Å²) in [5, 5.41) is 17.6. The highest BCUT2D eigenvalue weighted by molar-refractivity contribution is 4.94. The van der Waals surface area contributed by atoms with E-state index in [-0.39, 0.29) is 13.2 Å². The van der Waals surface area contributed by atoms with Crippen LogP contribution in [-0.2, 0) is 6.54 Å². The molecule has 5 heteroatoms. The smallest absolute Gasteiger partial charge is 0.0726 e. The molecule has 0 aliphatic rings. The van der Waals surface area contributed by atoms with Gasteiger partial charge < -0.3 is 10.2 Å². The van der Waals surface area contributed by atoms with Gasteiger partial charge in [0.15, 0.2) is 0 Å². The predicted molar refractivity (Wildman–Crippen MR) is 51.5 cm³/mol. The standard InChI is InChI=1S/C9H15N3O2/c13-5-3-12(4-6-14)8-9-7-10-1-2-11-9/h1-2,7,13-14H,3-6,8H2. The molecular formula is C9H15N3O2. The van der Waals surface area contributed by atoms with Crippen LogP contribution in [0.15, 0.2) is 18.6 Å². The molecular weight excluding hydrogens is 182 g/mol. The second-order valence-electron chi connectivity index (χ2n) is 2.92. The van der Waals surface area contributed by atoms with Crippen LogP contribution in [0.1, 0.15) is 5.69 Å². The van der Waals surface area contributed by atoms with Crippen molar-refractivity contribution in [1.29, 1.82) is 0 Å². The molecule has 5 nitrogen and oxygen atoms in total. The largest absolute Gasteiger partial charge is 0.395 e. The van der Waals surface area contributed by atoms with Crippen LogP contribution in [-0.4, -0.2) is 51.4 Å². The average Bonchev–Trinajstić information content (AvgIpc) is 2.20. The zero-order chi connectivity index (χ0) is 10.2. The summed E-state index contributed by atoms with van der Waals surface area (Å²) in [6, 6.07) is 0. The number of aliphatic hydroxyl groups excluding tert-OH is 2. The summed E-state index contributed by atoms with van der Waals surface area (Å²) < 4.78 is 0. The Morgan fingerprint density at radius 1 is 1.14 bits per heavy atom. The molecule has 1 heterocycles. The molecule has 14 heavy (non-hydrogen) atoms. The maximum atomic E-state index is 8.78. The van der Waals surface area contributed by atoms with Gasteiger partial charge in [0.25, 0.3) is 0 Å². The Kier molecular flexibility index (Phi) is 5.06. The summed E-state index contributed by atoms with van der Waals surface area (Å²) in [6.07, 6.45) is 4.93. The number of hydrogen-bond acceptors (Lipinski definition) is 5. The SMILES string of the molecule is OCCN(CCO)Cc1cnccn1. The van der Waals surface area contributed by atoms with Crippen molar-refractivity contribution >= 4 is 0 Å². The summed E-state index contributed by atoms with van der Waals surface area (Å²) in [7, 11) is 0. The molecule has 1 rings (SSSR count). The molecule has 0 saturated heterocycles. The van der Waals surface area contributed by atoms with Gasteiger partial charge in [0, 0.05) is 38.2 Å². The number of aliphatic hydroxyl groups is 2. The normalized spacial score (nSPS) is 10.8. The molecule has 0 atom stereocenters. The summed E-state index contributed by atoms with van der Waals surface area (Å²) in [5.74, 6) is 0. The van der Waals surface area contributed by atoms with Crippen molar-refractivity contribution in [2.45, 2.75) is 6.54 Å². The van der Waals surface area contributed by atoms with Gasteiger partial charge in [-0.2, -0.15) is 0 Å². The first kappa shape index (κ1) is 11.0. The Morgan fingerprint density at radius 2 is 1.86 bits per heavy atom. The van der Waals surface area contributed by atoms with Crippen LogP contribution in [0.4, 0.5) is 0 Å². The number of aromatic nitrogens is 2. The third-order valence-corrected chi connectivity index (χ3v) is 1.83. The van der Waals surface area contributed by atoms with Gasteiger partial charge in [-0.1, -0.05) is 0 Å². The predicted octanol–water partition coefficient (Wildman–Crippen LogP) is -0.737. The maximum Gasteiger partial charge on any atom is 0.0726 e. The Morgan fingerprint density at radius 3 is 2.36 bits per heavy atom. The minimum atomic E-state index is 0.0836. The van der Waals surface area contributed by atoms with Crippen molar-refractivity contribution in [2.75, 3.05) is 26.3 Å². The zero-order valence-corrected chi connectivity index (χ0v) is 8.00. The van der Waals surface area contributed by atoms with Gasteiger partial charge in [0.05, 0.1) is 18.9 Å². The highest BCUT2D eigenvalue weighted by Crippen LogP contribution is 1.98. The molecule has 0 amide bonds. The number of rotatable bonds is 6. The Bertz CT molecular complexity index is 237. The fourth-order valence-electron chi connectivity index (χ4n) is 1.19. The van der Waals surface area contributed by atoms with E-state index < -0.39 is 0 Å². The van der Waals surface area contributed by atoms with E-state index in [2.05, 4.69) is 9.97 Å². The molecule has 1 aromatic rings. The molecule has 0 fully saturated rings. The third-order valence-electron chi connectivity index (χ3n) is 1.83. The quantitative estimate of drug-likeness (QED) is 0.629. The van der Waals surface area contributed by atoms with Crippen molar-refractivity contribution < 1.29 is 10.2 Å². The lowest BCUT2D eigenvalue weighted by Gasteiger charge is -2.18. The van der Waals surface area contributed by atoms with Crippen molar-refractivity contribution in [3.63, 3.8) is 0 Å². The highest BCUT2D eigenvalue weighted by Gasteiger charge is 2.04. The minimum Gasteiger partial charge on any atom is -0.395 e. The van der Waals surface area contributed by atoms with E-state index in [9.17, 15) is 0 Å². The van der Waals surface area contributed by atoms with Gasteiger partial charge in [-0.05, 0) is 0 Å². The van der Waals surface area contributed by atoms with Gasteiger partial charge in [-0.25, -0.2) is 0 Å². The van der Waals surface area contributed by atoms with Gasteiger partial charge in [0.2, 0.25) is 0 Å². The first-order valence-electron chi connectivity index (χ1n) is 4.55. The summed E-state index contributed by atoms with van der Waals surface area (Å²) >= 11 is 0. The van der Waals surface area contributed by atoms with Gasteiger partial charge >= 0.3 is 0 Å². The lowest BCUT2D eigenvalue weighted by atomic mass is 10.4. The van der Waals surface area contributed by atoms with E-state index in [1.54, 1.807) is 18.6 Å². The molecule has 0 unspecified atom stereocenters. The van der Waals surface area contributed by atoms with Gasteiger partial charge in [-0.15, -0.1) is 0 Å². The van der Waals surface area contributed by atoms with E-state index >= 15 is 0 Å². The third kappa shape index (κ3) is 3.78. The van der Waals surface area contributed by atoms with Crippen molar-refractivity contribution in [2.24, 2.45) is 0 Å². The summed E-state index contributed by atoms with van der Waals surface area (Å²) in [4.78, 5) is 9.98. The first-order chi connectivity index (χ1) is 6.86. The van der Waals surface area contributed by atoms with E-state index in [0.29, 0.717) is 19.6 Å². The summed E-state index contributed by atoms with van der Waals surface area (Å²) in [5.41, 5.74) is 0.842. The van der Waals surface area contributed by atoms with Crippen LogP contribution in [0.3, 0.4) is 0 Å². The van der Waals surface area contributed by atoms with Crippen LogP contribution in [0, 0.1) is 0 Å². The summed E-state index contributed by atoms with van der Waals surface area (Å²) in [6.45, 7) is 1.85. The number of nitrogens with zero attached hydrogens (tertiary/aromatic N) is 3. The molecule has 0 bridgehead atoms. The van der Waals surface area contributed by atoms with E-state index in [1.807, 2.05) is 4.90 Å². The lowest BCUT2D eigenvalue weighted by molar-refractivity contribution is 0.154. The fraction of sp³-hybridized carbons (Fsp3) is 0.556. The lowest BCUT2D eigenvalue weighted by Crippen LogP contribution is -2.29. The van der Waals surface area contributed by atoms with E-state index in [0.717, 1.165) is 5.69 Å². The Hall–Kier alpha value is -1.04.